The van der Waals surface area contributed by atoms with Crippen molar-refractivity contribution in [3.63, 3.8) is 0 Å². The Morgan fingerprint density at radius 1 is 0.304 bits per heavy atom. The van der Waals surface area contributed by atoms with E-state index in [9.17, 15) is 40.9 Å². The number of aliphatic hydroxyl groups excluding tert-OH is 2. The van der Waals surface area contributed by atoms with Crippen molar-refractivity contribution in [2.24, 2.45) is 20.0 Å². The van der Waals surface area contributed by atoms with Crippen LogP contribution in [0, 0.1) is 0 Å². The van der Waals surface area contributed by atoms with Gasteiger partial charge in [-0.15, -0.1) is 0 Å². The molecule has 288 valence electrons. The van der Waals surface area contributed by atoms with Crippen LogP contribution in [0.15, 0.2) is 141 Å². The van der Waals surface area contributed by atoms with Gasteiger partial charge in [0.25, 0.3) is 0 Å². The summed E-state index contributed by atoms with van der Waals surface area (Å²) >= 11 is 0. The minimum atomic E-state index is -0.0799. The van der Waals surface area contributed by atoms with E-state index < -0.39 is 0 Å². The first-order valence-corrected chi connectivity index (χ1v) is 16.4. The van der Waals surface area contributed by atoms with E-state index in [0.717, 1.165) is 14.2 Å². The molecule has 6 aromatic rings. The molecule has 0 spiro atoms. The summed E-state index contributed by atoms with van der Waals surface area (Å²) in [4.78, 5) is 17.3. The summed E-state index contributed by atoms with van der Waals surface area (Å²) < 4.78 is 0. The topological polar surface area (TPSA) is 252 Å². The van der Waals surface area contributed by atoms with E-state index in [1.165, 1.54) is 73.4 Å². The molecule has 0 aliphatic carbocycles. The van der Waals surface area contributed by atoms with Crippen LogP contribution in [0.5, 0.6) is 46.0 Å². The van der Waals surface area contributed by atoms with Crippen molar-refractivity contribution >= 4 is 47.6 Å². The second-order valence-corrected chi connectivity index (χ2v) is 11.0. The van der Waals surface area contributed by atoms with Crippen LogP contribution < -0.4 is 0 Å². The molecule has 0 radical (unpaired) electrons. The number of para-hydroxylation sites is 4. The Kier molecular flexibility index (Phi) is 16.6. The number of phenolic OH excluding ortho intramolecular Hbond substituents is 8. The average molecular weight is 761 g/mol. The van der Waals surface area contributed by atoms with Crippen molar-refractivity contribution in [2.75, 3.05) is 14.2 Å². The molecule has 10 N–H and O–H groups in total. The van der Waals surface area contributed by atoms with Gasteiger partial charge >= 0.3 is 0 Å². The Bertz CT molecular complexity index is 2000. The number of nitrogens with zero attached hydrogens (tertiary/aromatic N) is 4. The highest BCUT2D eigenvalue weighted by Gasteiger charge is 2.05. The highest BCUT2D eigenvalue weighted by atomic mass is 16.3. The Morgan fingerprint density at radius 3 is 0.679 bits per heavy atom. The maximum absolute atomic E-state index is 9.81. The minimum absolute atomic E-state index is 0.0293. The summed E-state index contributed by atoms with van der Waals surface area (Å²) in [6.45, 7) is 0. The van der Waals surface area contributed by atoms with Crippen molar-refractivity contribution in [2.45, 2.75) is 0 Å². The van der Waals surface area contributed by atoms with Crippen molar-refractivity contribution in [3.05, 3.63) is 144 Å². The van der Waals surface area contributed by atoms with E-state index >= 15 is 0 Å². The van der Waals surface area contributed by atoms with Gasteiger partial charge in [0.1, 0.15) is 46.0 Å². The van der Waals surface area contributed by atoms with Gasteiger partial charge in [0.15, 0.2) is 0 Å². The van der Waals surface area contributed by atoms with Gasteiger partial charge in [-0.2, -0.15) is 0 Å². The quantitative estimate of drug-likeness (QED) is 0.0696. The summed E-state index contributed by atoms with van der Waals surface area (Å²) in [7, 11) is 2.00. The fraction of sp³-hybridized carbons (Fsp3) is 0.0476. The molecule has 0 saturated carbocycles. The van der Waals surface area contributed by atoms with Crippen LogP contribution in [0.4, 0.5) is 22.7 Å². The number of aromatic hydroxyl groups is 8. The minimum Gasteiger partial charge on any atom is -0.508 e. The lowest BCUT2D eigenvalue weighted by Crippen LogP contribution is -1.83. The zero-order chi connectivity index (χ0) is 41.0. The first kappa shape index (κ1) is 42.7. The van der Waals surface area contributed by atoms with Gasteiger partial charge < -0.3 is 51.1 Å². The third kappa shape index (κ3) is 12.8. The maximum atomic E-state index is 9.81. The molecule has 0 aliphatic rings. The molecule has 6 rings (SSSR count). The van der Waals surface area contributed by atoms with E-state index in [0.29, 0.717) is 45.0 Å². The van der Waals surface area contributed by atoms with Gasteiger partial charge in [0.2, 0.25) is 0 Å². The van der Waals surface area contributed by atoms with Crippen molar-refractivity contribution in [1.29, 1.82) is 0 Å². The van der Waals surface area contributed by atoms with Crippen molar-refractivity contribution in [1.82, 2.24) is 0 Å². The summed E-state index contributed by atoms with van der Waals surface area (Å²) in [5, 5.41) is 90.6. The monoisotopic (exact) mass is 760 g/mol. The third-order valence-electron chi connectivity index (χ3n) is 7.19. The highest BCUT2D eigenvalue weighted by molar-refractivity contribution is 5.91. The van der Waals surface area contributed by atoms with Gasteiger partial charge in [0, 0.05) is 85.6 Å². The van der Waals surface area contributed by atoms with Crippen LogP contribution in [-0.2, 0) is 0 Å². The number of rotatable bonds is 8. The van der Waals surface area contributed by atoms with E-state index in [1.54, 1.807) is 72.8 Å². The number of aliphatic imine (C=N–C) groups is 4. The standard InChI is InChI=1S/2C20H16N2O4.2CH4O/c2*23-15-7-5-13(19(25)9-15)11-21-17-3-1-2-4-18(17)22-12-14-6-8-16(24)10-20(14)26;2*1-2/h2*1-12,23-26H;2*2H,1H3. The normalized spacial score (nSPS) is 10.8. The molecule has 0 atom stereocenters. The molecule has 14 nitrogen and oxygen atoms in total. The molecule has 0 fully saturated rings. The molecule has 0 saturated heterocycles. The average Bonchev–Trinajstić information content (AvgIpc) is 3.19. The zero-order valence-corrected chi connectivity index (χ0v) is 30.1. The van der Waals surface area contributed by atoms with Gasteiger partial charge in [-0.1, -0.05) is 24.3 Å². The fourth-order valence-corrected chi connectivity index (χ4v) is 4.49. The Hall–Kier alpha value is -7.68. The first-order valence-electron chi connectivity index (χ1n) is 16.4. The molecular formula is C42H40N4O10. The summed E-state index contributed by atoms with van der Waals surface area (Å²) in [5.74, 6) is -0.437. The smallest absolute Gasteiger partial charge is 0.128 e. The summed E-state index contributed by atoms with van der Waals surface area (Å²) in [5.41, 5.74) is 4.08. The molecule has 0 unspecified atom stereocenters. The lowest BCUT2D eigenvalue weighted by Gasteiger charge is -2.02. The van der Waals surface area contributed by atoms with Gasteiger partial charge in [-0.05, 0) is 72.8 Å². The van der Waals surface area contributed by atoms with E-state index in [1.807, 2.05) is 0 Å². The van der Waals surface area contributed by atoms with Crippen molar-refractivity contribution in [3.8, 4) is 46.0 Å². The second-order valence-electron chi connectivity index (χ2n) is 11.0. The molecule has 6 aromatic carbocycles. The molecule has 14 heteroatoms. The molecule has 0 aliphatic heterocycles. The number of hydrogen-bond donors (Lipinski definition) is 10. The Labute approximate surface area is 321 Å². The van der Waals surface area contributed by atoms with E-state index in [4.69, 9.17) is 10.2 Å². The van der Waals surface area contributed by atoms with Crippen LogP contribution in [0.2, 0.25) is 0 Å². The van der Waals surface area contributed by atoms with Crippen LogP contribution in [-0.4, -0.2) is 90.1 Å². The predicted octanol–water partition coefficient (Wildman–Crippen LogP) is 7.24. The Balaban J connectivity index is 0.000000276. The Morgan fingerprint density at radius 2 is 0.500 bits per heavy atom. The summed E-state index contributed by atoms with van der Waals surface area (Å²) in [6.07, 6.45) is 5.89. The third-order valence-corrected chi connectivity index (χ3v) is 7.19. The number of phenols is 8. The van der Waals surface area contributed by atoms with Crippen LogP contribution in [0.1, 0.15) is 22.3 Å². The van der Waals surface area contributed by atoms with Gasteiger partial charge in [0.05, 0.1) is 22.7 Å². The van der Waals surface area contributed by atoms with Crippen LogP contribution in [0.3, 0.4) is 0 Å². The zero-order valence-electron chi connectivity index (χ0n) is 30.1. The molecule has 56 heavy (non-hydrogen) atoms. The molecule has 0 bridgehead atoms. The van der Waals surface area contributed by atoms with Crippen LogP contribution in [0.25, 0.3) is 0 Å². The molecule has 0 heterocycles. The molecular weight excluding hydrogens is 720 g/mol. The first-order chi connectivity index (χ1) is 27.0. The van der Waals surface area contributed by atoms with Crippen LogP contribution >= 0.6 is 0 Å². The SMILES string of the molecule is CO.CO.Oc1ccc(C=Nc2ccccc2N=Cc2ccc(O)cc2O)c(O)c1.Oc1ccc(C=Nc2ccccc2N=Cc2ccc(O)cc2O)c(O)c1. The lowest BCUT2D eigenvalue weighted by molar-refractivity contribution is 0.399. The molecule has 0 amide bonds. The van der Waals surface area contributed by atoms with Gasteiger partial charge in [-0.3, -0.25) is 20.0 Å². The van der Waals surface area contributed by atoms with E-state index in [-0.39, 0.29) is 46.0 Å². The number of aliphatic hydroxyl groups is 2. The number of benzene rings is 6. The van der Waals surface area contributed by atoms with Gasteiger partial charge in [-0.25, -0.2) is 0 Å². The molecule has 0 aromatic heterocycles. The number of hydrogen-bond acceptors (Lipinski definition) is 14. The maximum Gasteiger partial charge on any atom is 0.128 e. The predicted molar refractivity (Wildman–Crippen MR) is 217 cm³/mol. The lowest BCUT2D eigenvalue weighted by atomic mass is 10.2. The fourth-order valence-electron chi connectivity index (χ4n) is 4.49. The highest BCUT2D eigenvalue weighted by Crippen LogP contribution is 2.31. The van der Waals surface area contributed by atoms with E-state index in [2.05, 4.69) is 20.0 Å². The second kappa shape index (κ2) is 21.8. The van der Waals surface area contributed by atoms with Crippen molar-refractivity contribution < 1.29 is 51.1 Å². The largest absolute Gasteiger partial charge is 0.508 e. The summed E-state index contributed by atoms with van der Waals surface area (Å²) in [6, 6.07) is 31.2.